The van der Waals surface area contributed by atoms with E-state index in [0.29, 0.717) is 6.42 Å². The first-order valence-corrected chi connectivity index (χ1v) is 5.80. The van der Waals surface area contributed by atoms with Crippen molar-refractivity contribution >= 4 is 11.9 Å². The number of hydrogen-bond acceptors (Lipinski definition) is 3. The van der Waals surface area contributed by atoms with Crippen LogP contribution in [-0.2, 0) is 16.0 Å². The number of carboxylic acid groups (broad SMARTS) is 1. The molecule has 0 aliphatic rings. The fourth-order valence-electron chi connectivity index (χ4n) is 1.59. The molecule has 3 N–H and O–H groups in total. The third kappa shape index (κ3) is 4.86. The molecule has 5 nitrogen and oxygen atoms in total. The smallest absolute Gasteiger partial charge is 0.305 e. The maximum absolute atomic E-state index is 11.7. The van der Waals surface area contributed by atoms with Gasteiger partial charge in [0.05, 0.1) is 12.8 Å². The molecular formula is C13H17NO4. The van der Waals surface area contributed by atoms with Crippen LogP contribution in [-0.4, -0.2) is 28.1 Å². The molecule has 0 aliphatic carbocycles. The van der Waals surface area contributed by atoms with Gasteiger partial charge in [-0.2, -0.15) is 0 Å². The van der Waals surface area contributed by atoms with Gasteiger partial charge in [0.15, 0.2) is 0 Å². The second kappa shape index (κ2) is 6.64. The van der Waals surface area contributed by atoms with Crippen LogP contribution in [0, 0.1) is 0 Å². The molecule has 0 saturated heterocycles. The summed E-state index contributed by atoms with van der Waals surface area (Å²) >= 11 is 0. The minimum atomic E-state index is -0.924. The maximum Gasteiger partial charge on any atom is 0.305 e. The van der Waals surface area contributed by atoms with Crippen molar-refractivity contribution in [3.8, 4) is 5.75 Å². The number of phenols is 1. The molecule has 0 radical (unpaired) electrons. The number of phenolic OH excluding ortho intramolecular Hbond substituents is 1. The topological polar surface area (TPSA) is 86.6 Å². The number of amides is 1. The zero-order valence-corrected chi connectivity index (χ0v) is 10.2. The second-order valence-corrected chi connectivity index (χ2v) is 4.11. The fraction of sp³-hybridized carbons (Fsp3) is 0.385. The van der Waals surface area contributed by atoms with E-state index >= 15 is 0 Å². The Bertz CT molecular complexity index is 414. The SMILES string of the molecule is CCC(CC(=O)O)NC(=O)Cc1ccc(O)cc1. The summed E-state index contributed by atoms with van der Waals surface area (Å²) < 4.78 is 0. The third-order valence-corrected chi connectivity index (χ3v) is 2.58. The van der Waals surface area contributed by atoms with Gasteiger partial charge in [-0.25, -0.2) is 0 Å². The highest BCUT2D eigenvalue weighted by Crippen LogP contribution is 2.10. The van der Waals surface area contributed by atoms with E-state index in [0.717, 1.165) is 5.56 Å². The van der Waals surface area contributed by atoms with Crippen molar-refractivity contribution in [2.45, 2.75) is 32.2 Å². The number of aliphatic carboxylic acids is 1. The number of carboxylic acids is 1. The summed E-state index contributed by atoms with van der Waals surface area (Å²) in [6.07, 6.45) is 0.682. The Balaban J connectivity index is 2.49. The monoisotopic (exact) mass is 251 g/mol. The largest absolute Gasteiger partial charge is 0.508 e. The van der Waals surface area contributed by atoms with E-state index in [1.54, 1.807) is 12.1 Å². The molecule has 0 bridgehead atoms. The number of rotatable bonds is 6. The normalized spacial score (nSPS) is 11.8. The van der Waals surface area contributed by atoms with E-state index in [4.69, 9.17) is 10.2 Å². The standard InChI is InChI=1S/C13H17NO4/c1-2-10(8-13(17)18)14-12(16)7-9-3-5-11(15)6-4-9/h3-6,10,15H,2,7-8H2,1H3,(H,14,16)(H,17,18). The summed E-state index contributed by atoms with van der Waals surface area (Å²) in [6, 6.07) is 6.00. The highest BCUT2D eigenvalue weighted by Gasteiger charge is 2.14. The van der Waals surface area contributed by atoms with Crippen molar-refractivity contribution in [1.82, 2.24) is 5.32 Å². The van der Waals surface area contributed by atoms with Crippen molar-refractivity contribution in [2.75, 3.05) is 0 Å². The van der Waals surface area contributed by atoms with Gasteiger partial charge in [-0.05, 0) is 24.1 Å². The van der Waals surface area contributed by atoms with Crippen LogP contribution in [0.1, 0.15) is 25.3 Å². The molecule has 1 rings (SSSR count). The Morgan fingerprint density at radius 1 is 1.28 bits per heavy atom. The molecule has 0 aromatic heterocycles. The Morgan fingerprint density at radius 3 is 2.39 bits per heavy atom. The minimum absolute atomic E-state index is 0.0716. The summed E-state index contributed by atoms with van der Waals surface area (Å²) in [4.78, 5) is 22.2. The van der Waals surface area contributed by atoms with Crippen LogP contribution >= 0.6 is 0 Å². The molecular weight excluding hydrogens is 234 g/mol. The van der Waals surface area contributed by atoms with Crippen LogP contribution < -0.4 is 5.32 Å². The zero-order chi connectivity index (χ0) is 13.5. The first-order chi connectivity index (χ1) is 8.51. The lowest BCUT2D eigenvalue weighted by atomic mass is 10.1. The third-order valence-electron chi connectivity index (χ3n) is 2.58. The number of aromatic hydroxyl groups is 1. The van der Waals surface area contributed by atoms with Crippen molar-refractivity contribution in [3.63, 3.8) is 0 Å². The number of carbonyl (C=O) groups is 2. The summed E-state index contributed by atoms with van der Waals surface area (Å²) in [5, 5.41) is 20.5. The molecule has 0 spiro atoms. The van der Waals surface area contributed by atoms with E-state index in [1.165, 1.54) is 12.1 Å². The predicted octanol–water partition coefficient (Wildman–Crippen LogP) is 1.30. The van der Waals surface area contributed by atoms with Gasteiger partial charge < -0.3 is 15.5 Å². The van der Waals surface area contributed by atoms with E-state index in [9.17, 15) is 9.59 Å². The molecule has 0 aliphatic heterocycles. The maximum atomic E-state index is 11.7. The van der Waals surface area contributed by atoms with Gasteiger partial charge in [0.2, 0.25) is 5.91 Å². The number of hydrogen-bond donors (Lipinski definition) is 3. The van der Waals surface area contributed by atoms with E-state index in [1.807, 2.05) is 6.92 Å². The van der Waals surface area contributed by atoms with Crippen LogP contribution in [0.15, 0.2) is 24.3 Å². The molecule has 1 amide bonds. The lowest BCUT2D eigenvalue weighted by molar-refractivity contribution is -0.137. The van der Waals surface area contributed by atoms with Crippen LogP contribution in [0.5, 0.6) is 5.75 Å². The van der Waals surface area contributed by atoms with E-state index < -0.39 is 5.97 Å². The summed E-state index contributed by atoms with van der Waals surface area (Å²) in [7, 11) is 0. The quantitative estimate of drug-likeness (QED) is 0.711. The Morgan fingerprint density at radius 2 is 1.89 bits per heavy atom. The lowest BCUT2D eigenvalue weighted by Gasteiger charge is -2.14. The molecule has 18 heavy (non-hydrogen) atoms. The number of nitrogens with one attached hydrogen (secondary N) is 1. The highest BCUT2D eigenvalue weighted by molar-refractivity contribution is 5.79. The first kappa shape index (κ1) is 14.0. The zero-order valence-electron chi connectivity index (χ0n) is 10.2. The molecule has 0 saturated carbocycles. The van der Waals surface area contributed by atoms with Crippen molar-refractivity contribution in [1.29, 1.82) is 0 Å². The van der Waals surface area contributed by atoms with E-state index in [2.05, 4.69) is 5.32 Å². The molecule has 5 heteroatoms. The van der Waals surface area contributed by atoms with Gasteiger partial charge in [-0.3, -0.25) is 9.59 Å². The van der Waals surface area contributed by atoms with E-state index in [-0.39, 0.29) is 30.5 Å². The average Bonchev–Trinajstić information content (AvgIpc) is 2.30. The van der Waals surface area contributed by atoms with Gasteiger partial charge >= 0.3 is 5.97 Å². The number of benzene rings is 1. The number of carbonyl (C=O) groups excluding carboxylic acids is 1. The van der Waals surface area contributed by atoms with Gasteiger partial charge in [0.1, 0.15) is 5.75 Å². The second-order valence-electron chi connectivity index (χ2n) is 4.11. The predicted molar refractivity (Wildman–Crippen MR) is 66.3 cm³/mol. The van der Waals surface area contributed by atoms with Crippen LogP contribution in [0.2, 0.25) is 0 Å². The molecule has 1 unspecified atom stereocenters. The van der Waals surface area contributed by atoms with Crippen LogP contribution in [0.3, 0.4) is 0 Å². The molecule has 98 valence electrons. The highest BCUT2D eigenvalue weighted by atomic mass is 16.4. The van der Waals surface area contributed by atoms with Gasteiger partial charge in [0.25, 0.3) is 0 Å². The summed E-state index contributed by atoms with van der Waals surface area (Å²) in [5.41, 5.74) is 0.774. The van der Waals surface area contributed by atoms with Crippen molar-refractivity contribution in [2.24, 2.45) is 0 Å². The fourth-order valence-corrected chi connectivity index (χ4v) is 1.59. The minimum Gasteiger partial charge on any atom is -0.508 e. The molecule has 1 aromatic carbocycles. The Hall–Kier alpha value is -2.04. The molecule has 1 aromatic rings. The van der Waals surface area contributed by atoms with Crippen LogP contribution in [0.25, 0.3) is 0 Å². The summed E-state index contributed by atoms with van der Waals surface area (Å²) in [6.45, 7) is 1.83. The van der Waals surface area contributed by atoms with Crippen molar-refractivity contribution in [3.05, 3.63) is 29.8 Å². The Kier molecular flexibility index (Phi) is 5.17. The van der Waals surface area contributed by atoms with Gasteiger partial charge in [0, 0.05) is 6.04 Å². The van der Waals surface area contributed by atoms with Gasteiger partial charge in [-0.1, -0.05) is 19.1 Å². The van der Waals surface area contributed by atoms with Gasteiger partial charge in [-0.15, -0.1) is 0 Å². The first-order valence-electron chi connectivity index (χ1n) is 5.80. The Labute approximate surface area is 105 Å². The van der Waals surface area contributed by atoms with Crippen LogP contribution in [0.4, 0.5) is 0 Å². The summed E-state index contributed by atoms with van der Waals surface area (Å²) in [5.74, 6) is -0.989. The van der Waals surface area contributed by atoms with Crippen molar-refractivity contribution < 1.29 is 19.8 Å². The average molecular weight is 251 g/mol. The lowest BCUT2D eigenvalue weighted by Crippen LogP contribution is -2.36. The molecule has 0 fully saturated rings. The molecule has 1 atom stereocenters. The molecule has 0 heterocycles.